The lowest BCUT2D eigenvalue weighted by atomic mass is 10.1. The van der Waals surface area contributed by atoms with Crippen molar-refractivity contribution in [1.82, 2.24) is 10.4 Å². The second kappa shape index (κ2) is 11.2. The number of aromatic nitrogens is 1. The van der Waals surface area contributed by atoms with Crippen LogP contribution in [-0.2, 0) is 16.1 Å². The molecule has 0 spiro atoms. The molecule has 0 saturated carbocycles. The first-order valence-corrected chi connectivity index (χ1v) is 9.09. The Balaban J connectivity index is 2.11. The van der Waals surface area contributed by atoms with Crippen LogP contribution < -0.4 is 19.6 Å². The van der Waals surface area contributed by atoms with Gasteiger partial charge in [0.15, 0.2) is 6.61 Å². The highest BCUT2D eigenvalue weighted by Gasteiger charge is 2.19. The molecule has 0 atom stereocenters. The molecule has 0 aliphatic heterocycles. The summed E-state index contributed by atoms with van der Waals surface area (Å²) in [5, 5.41) is 24.3. The maximum Gasteiger partial charge on any atom is 0.311 e. The first kappa shape index (κ1) is 24.0. The number of carbonyl (C=O) groups excluding carboxylic acids is 1. The SMILES string of the molecule is COCc1cc(C)nc(OCC(=O)N/N=C\c2cc([N+](=O)[O-])c(OC)cc2OC)c1C#N. The van der Waals surface area contributed by atoms with Crippen LogP contribution in [0.1, 0.15) is 22.4 Å². The topological polar surface area (TPSA) is 158 Å². The molecule has 1 aromatic heterocycles. The Kier molecular flexibility index (Phi) is 8.44. The van der Waals surface area contributed by atoms with Gasteiger partial charge in [-0.2, -0.15) is 10.4 Å². The smallest absolute Gasteiger partial charge is 0.311 e. The molecule has 0 fully saturated rings. The maximum absolute atomic E-state index is 12.1. The van der Waals surface area contributed by atoms with E-state index in [1.54, 1.807) is 13.0 Å². The van der Waals surface area contributed by atoms with E-state index in [1.165, 1.54) is 39.7 Å². The Labute approximate surface area is 183 Å². The highest BCUT2D eigenvalue weighted by atomic mass is 16.6. The van der Waals surface area contributed by atoms with Crippen molar-refractivity contribution in [3.8, 4) is 23.4 Å². The van der Waals surface area contributed by atoms with Gasteiger partial charge in [0.2, 0.25) is 11.6 Å². The number of benzene rings is 1. The molecule has 12 heteroatoms. The van der Waals surface area contributed by atoms with Gasteiger partial charge in [0, 0.05) is 36.1 Å². The molecule has 0 radical (unpaired) electrons. The lowest BCUT2D eigenvalue weighted by molar-refractivity contribution is -0.385. The minimum Gasteiger partial charge on any atom is -0.496 e. The normalized spacial score (nSPS) is 10.5. The number of amides is 1. The Morgan fingerprint density at radius 2 is 2.00 bits per heavy atom. The van der Waals surface area contributed by atoms with Crippen LogP contribution in [0.2, 0.25) is 0 Å². The summed E-state index contributed by atoms with van der Waals surface area (Å²) in [5.41, 5.74) is 3.55. The molecular weight excluding hydrogens is 422 g/mol. The van der Waals surface area contributed by atoms with Crippen LogP contribution in [0, 0.1) is 28.4 Å². The van der Waals surface area contributed by atoms with Crippen LogP contribution >= 0.6 is 0 Å². The minimum atomic E-state index is -0.635. The van der Waals surface area contributed by atoms with E-state index in [0.29, 0.717) is 11.3 Å². The Bertz CT molecular complexity index is 1080. The van der Waals surface area contributed by atoms with Crippen molar-refractivity contribution in [3.05, 3.63) is 50.7 Å². The van der Waals surface area contributed by atoms with Gasteiger partial charge >= 0.3 is 5.69 Å². The summed E-state index contributed by atoms with van der Waals surface area (Å²) in [6.07, 6.45) is 1.19. The highest BCUT2D eigenvalue weighted by Crippen LogP contribution is 2.33. The lowest BCUT2D eigenvalue weighted by Crippen LogP contribution is -2.25. The van der Waals surface area contributed by atoms with Gasteiger partial charge in [-0.1, -0.05) is 0 Å². The molecule has 1 aromatic carbocycles. The Hall–Kier alpha value is -4.24. The molecule has 32 heavy (non-hydrogen) atoms. The summed E-state index contributed by atoms with van der Waals surface area (Å²) in [6.45, 7) is 1.45. The number of rotatable bonds is 10. The molecule has 0 aliphatic carbocycles. The van der Waals surface area contributed by atoms with Crippen molar-refractivity contribution in [2.45, 2.75) is 13.5 Å². The van der Waals surface area contributed by atoms with E-state index >= 15 is 0 Å². The molecule has 0 saturated heterocycles. The van der Waals surface area contributed by atoms with Crippen molar-refractivity contribution in [1.29, 1.82) is 5.26 Å². The van der Waals surface area contributed by atoms with Crippen molar-refractivity contribution in [2.75, 3.05) is 27.9 Å². The van der Waals surface area contributed by atoms with Gasteiger partial charge in [0.25, 0.3) is 5.91 Å². The van der Waals surface area contributed by atoms with E-state index in [2.05, 4.69) is 15.5 Å². The zero-order valence-corrected chi connectivity index (χ0v) is 17.9. The van der Waals surface area contributed by atoms with Gasteiger partial charge < -0.3 is 18.9 Å². The predicted octanol–water partition coefficient (Wildman–Crippen LogP) is 1.86. The lowest BCUT2D eigenvalue weighted by Gasteiger charge is -2.10. The molecule has 2 aromatic rings. The molecule has 168 valence electrons. The average molecular weight is 443 g/mol. The van der Waals surface area contributed by atoms with E-state index in [0.717, 1.165) is 0 Å². The van der Waals surface area contributed by atoms with E-state index < -0.39 is 17.4 Å². The minimum absolute atomic E-state index is 0.00567. The largest absolute Gasteiger partial charge is 0.496 e. The highest BCUT2D eigenvalue weighted by molar-refractivity contribution is 5.87. The summed E-state index contributed by atoms with van der Waals surface area (Å²) in [4.78, 5) is 26.8. The van der Waals surface area contributed by atoms with E-state index in [1.807, 2.05) is 6.07 Å². The van der Waals surface area contributed by atoms with E-state index in [9.17, 15) is 20.2 Å². The van der Waals surface area contributed by atoms with Gasteiger partial charge in [0.1, 0.15) is 17.4 Å². The van der Waals surface area contributed by atoms with Crippen LogP contribution in [-0.4, -0.2) is 50.0 Å². The van der Waals surface area contributed by atoms with Crippen LogP contribution in [0.25, 0.3) is 0 Å². The third kappa shape index (κ3) is 5.89. The number of nitrogens with zero attached hydrogens (tertiary/aromatic N) is 4. The zero-order chi connectivity index (χ0) is 23.7. The average Bonchev–Trinajstić information content (AvgIpc) is 2.77. The number of nitro benzene ring substituents is 1. The summed E-state index contributed by atoms with van der Waals surface area (Å²) >= 11 is 0. The van der Waals surface area contributed by atoms with Crippen LogP contribution in [0.15, 0.2) is 23.3 Å². The van der Waals surface area contributed by atoms with Crippen LogP contribution in [0.5, 0.6) is 17.4 Å². The molecule has 0 unspecified atom stereocenters. The van der Waals surface area contributed by atoms with Crippen molar-refractivity contribution in [3.63, 3.8) is 0 Å². The number of hydrazone groups is 1. The van der Waals surface area contributed by atoms with Crippen LogP contribution in [0.4, 0.5) is 5.69 Å². The number of pyridine rings is 1. The first-order chi connectivity index (χ1) is 15.3. The number of ether oxygens (including phenoxy) is 4. The molecule has 2 rings (SSSR count). The van der Waals surface area contributed by atoms with Gasteiger partial charge in [0.05, 0.1) is 32.0 Å². The standard InChI is InChI=1S/C20H21N5O7/c1-12-5-14(10-29-2)15(8-21)20(23-12)32-11-19(26)24-22-9-13-6-16(25(27)28)18(31-4)7-17(13)30-3/h5-7,9H,10-11H2,1-4H3,(H,24,26)/b22-9-. The second-order valence-corrected chi connectivity index (χ2v) is 6.25. The number of nitrogens with one attached hydrogen (secondary N) is 1. The number of aryl methyl sites for hydroxylation is 1. The van der Waals surface area contributed by atoms with Gasteiger partial charge in [-0.05, 0) is 13.0 Å². The number of nitro groups is 1. The Morgan fingerprint density at radius 1 is 1.28 bits per heavy atom. The molecule has 0 bridgehead atoms. The van der Waals surface area contributed by atoms with E-state index in [4.69, 9.17) is 18.9 Å². The van der Waals surface area contributed by atoms with Crippen molar-refractivity contribution in [2.24, 2.45) is 5.10 Å². The third-order valence-electron chi connectivity index (χ3n) is 4.07. The summed E-state index contributed by atoms with van der Waals surface area (Å²) in [5.74, 6) is -0.349. The maximum atomic E-state index is 12.1. The second-order valence-electron chi connectivity index (χ2n) is 6.25. The van der Waals surface area contributed by atoms with Crippen molar-refractivity contribution < 1.29 is 28.7 Å². The van der Waals surface area contributed by atoms with Gasteiger partial charge in [-0.25, -0.2) is 10.4 Å². The fourth-order valence-corrected chi connectivity index (χ4v) is 2.69. The number of methoxy groups -OCH3 is 3. The Morgan fingerprint density at radius 3 is 2.59 bits per heavy atom. The van der Waals surface area contributed by atoms with E-state index in [-0.39, 0.29) is 40.8 Å². The van der Waals surface area contributed by atoms with Gasteiger partial charge in [-0.3, -0.25) is 14.9 Å². The molecule has 1 amide bonds. The monoisotopic (exact) mass is 443 g/mol. The number of hydrogen-bond acceptors (Lipinski definition) is 10. The fourth-order valence-electron chi connectivity index (χ4n) is 2.69. The summed E-state index contributed by atoms with van der Waals surface area (Å²) < 4.78 is 20.6. The summed E-state index contributed by atoms with van der Waals surface area (Å²) in [6, 6.07) is 6.24. The molecule has 1 N–H and O–H groups in total. The summed E-state index contributed by atoms with van der Waals surface area (Å²) in [7, 11) is 4.17. The number of hydrogen-bond donors (Lipinski definition) is 1. The van der Waals surface area contributed by atoms with Gasteiger partial charge in [-0.15, -0.1) is 0 Å². The quantitative estimate of drug-likeness (QED) is 0.328. The zero-order valence-electron chi connectivity index (χ0n) is 17.9. The molecule has 0 aliphatic rings. The number of nitriles is 1. The van der Waals surface area contributed by atoms with Crippen molar-refractivity contribution >= 4 is 17.8 Å². The molecular formula is C20H21N5O7. The van der Waals surface area contributed by atoms with Crippen LogP contribution in [0.3, 0.4) is 0 Å². The molecule has 1 heterocycles. The first-order valence-electron chi connectivity index (χ1n) is 9.09. The molecule has 12 nitrogen and oxygen atoms in total. The number of carbonyl (C=O) groups is 1. The predicted molar refractivity (Wildman–Crippen MR) is 112 cm³/mol. The fraction of sp³-hybridized carbons (Fsp3) is 0.300. The third-order valence-corrected chi connectivity index (χ3v) is 4.07.